The van der Waals surface area contributed by atoms with Crippen LogP contribution in [0.15, 0.2) is 48.0 Å². The van der Waals surface area contributed by atoms with Crippen LogP contribution < -0.4 is 10.1 Å². The van der Waals surface area contributed by atoms with Gasteiger partial charge in [0, 0.05) is 29.7 Å². The van der Waals surface area contributed by atoms with E-state index in [9.17, 15) is 0 Å². The lowest BCUT2D eigenvalue weighted by Gasteiger charge is -2.08. The zero-order chi connectivity index (χ0) is 14.5. The van der Waals surface area contributed by atoms with Crippen LogP contribution in [0.3, 0.4) is 0 Å². The Morgan fingerprint density at radius 2 is 2.00 bits per heavy atom. The number of benzene rings is 1. The Morgan fingerprint density at radius 3 is 2.81 bits per heavy atom. The van der Waals surface area contributed by atoms with Crippen molar-refractivity contribution >= 4 is 22.7 Å². The molecule has 2 heterocycles. The third kappa shape index (κ3) is 3.50. The summed E-state index contributed by atoms with van der Waals surface area (Å²) in [5.74, 6) is 0.920. The molecular formula is C16H16N2OS2. The summed E-state index contributed by atoms with van der Waals surface area (Å²) in [6, 6.07) is 12.3. The molecule has 3 aromatic rings. The second-order valence-corrected chi connectivity index (χ2v) is 6.57. The van der Waals surface area contributed by atoms with E-state index in [2.05, 4.69) is 33.9 Å². The minimum Gasteiger partial charge on any atom is -0.496 e. The Bertz CT molecular complexity index is 692. The molecule has 0 atom stereocenters. The molecule has 0 aliphatic heterocycles. The van der Waals surface area contributed by atoms with Crippen LogP contribution in [0, 0.1) is 0 Å². The Hall–Kier alpha value is -1.69. The minimum absolute atomic E-state index is 0.772. The van der Waals surface area contributed by atoms with Crippen LogP contribution in [0.1, 0.15) is 10.6 Å². The zero-order valence-corrected chi connectivity index (χ0v) is 13.3. The Balaban J connectivity index is 1.58. The van der Waals surface area contributed by atoms with E-state index in [0.717, 1.165) is 29.4 Å². The van der Waals surface area contributed by atoms with Gasteiger partial charge in [0.1, 0.15) is 10.8 Å². The largest absolute Gasteiger partial charge is 0.496 e. The topological polar surface area (TPSA) is 34.1 Å². The maximum atomic E-state index is 5.35. The number of aromatic nitrogens is 1. The van der Waals surface area contributed by atoms with Gasteiger partial charge < -0.3 is 10.1 Å². The second-order valence-electron chi connectivity index (χ2n) is 4.51. The quantitative estimate of drug-likeness (QED) is 0.741. The lowest BCUT2D eigenvalue weighted by atomic mass is 10.2. The van der Waals surface area contributed by atoms with E-state index in [-0.39, 0.29) is 0 Å². The molecule has 1 aromatic carbocycles. The average Bonchev–Trinajstić information content (AvgIpc) is 3.18. The number of thiophene rings is 1. The molecule has 0 saturated carbocycles. The maximum absolute atomic E-state index is 5.35. The van der Waals surface area contributed by atoms with Crippen molar-refractivity contribution in [3.63, 3.8) is 0 Å². The van der Waals surface area contributed by atoms with E-state index in [1.165, 1.54) is 9.75 Å². The van der Waals surface area contributed by atoms with Crippen LogP contribution in [-0.4, -0.2) is 12.1 Å². The van der Waals surface area contributed by atoms with Crippen molar-refractivity contribution in [1.82, 2.24) is 10.3 Å². The normalized spacial score (nSPS) is 10.7. The molecule has 0 fully saturated rings. The third-order valence-electron chi connectivity index (χ3n) is 3.10. The lowest BCUT2D eigenvalue weighted by Crippen LogP contribution is -2.13. The summed E-state index contributed by atoms with van der Waals surface area (Å²) in [7, 11) is 1.70. The summed E-state index contributed by atoms with van der Waals surface area (Å²) in [5, 5.41) is 6.62. The number of hydrogen-bond acceptors (Lipinski definition) is 5. The van der Waals surface area contributed by atoms with Gasteiger partial charge in [0.25, 0.3) is 0 Å². The van der Waals surface area contributed by atoms with E-state index in [1.54, 1.807) is 29.8 Å². The molecule has 0 unspecified atom stereocenters. The smallest absolute Gasteiger partial charge is 0.123 e. The van der Waals surface area contributed by atoms with Gasteiger partial charge in [-0.05, 0) is 17.5 Å². The number of rotatable bonds is 6. The number of nitrogens with zero attached hydrogens (tertiary/aromatic N) is 1. The molecule has 0 aliphatic rings. The number of hydrogen-bond donors (Lipinski definition) is 1. The van der Waals surface area contributed by atoms with Crippen molar-refractivity contribution in [2.75, 3.05) is 7.11 Å². The fraction of sp³-hybridized carbons (Fsp3) is 0.188. The highest BCUT2D eigenvalue weighted by molar-refractivity contribution is 7.21. The van der Waals surface area contributed by atoms with Gasteiger partial charge in [-0.2, -0.15) is 0 Å². The fourth-order valence-electron chi connectivity index (χ4n) is 2.08. The molecule has 0 spiro atoms. The van der Waals surface area contributed by atoms with Crippen LogP contribution in [0.4, 0.5) is 0 Å². The van der Waals surface area contributed by atoms with Crippen molar-refractivity contribution < 1.29 is 4.74 Å². The van der Waals surface area contributed by atoms with Gasteiger partial charge in [-0.25, -0.2) is 4.98 Å². The van der Waals surface area contributed by atoms with Crippen LogP contribution in [0.5, 0.6) is 5.75 Å². The predicted octanol–water partition coefficient (Wildman–Crippen LogP) is 4.17. The highest BCUT2D eigenvalue weighted by atomic mass is 32.1. The molecule has 0 amide bonds. The summed E-state index contributed by atoms with van der Waals surface area (Å²) in [6.07, 6.45) is 1.95. The van der Waals surface area contributed by atoms with Gasteiger partial charge in [0.2, 0.25) is 0 Å². The molecule has 3 rings (SSSR count). The first-order valence-electron chi connectivity index (χ1n) is 6.68. The van der Waals surface area contributed by atoms with Crippen LogP contribution in [0.25, 0.3) is 9.75 Å². The third-order valence-corrected chi connectivity index (χ3v) is 5.16. The highest BCUT2D eigenvalue weighted by Gasteiger charge is 2.06. The monoisotopic (exact) mass is 316 g/mol. The molecule has 5 heteroatoms. The summed E-state index contributed by atoms with van der Waals surface area (Å²) < 4.78 is 5.35. The van der Waals surface area contributed by atoms with Crippen molar-refractivity contribution in [2.24, 2.45) is 0 Å². The molecule has 108 valence electrons. The molecule has 0 aliphatic carbocycles. The number of ether oxygens (including phenoxy) is 1. The first-order chi connectivity index (χ1) is 10.4. The number of methoxy groups -OCH3 is 1. The summed E-state index contributed by atoms with van der Waals surface area (Å²) in [4.78, 5) is 6.99. The molecule has 1 N–H and O–H groups in total. The zero-order valence-electron chi connectivity index (χ0n) is 11.7. The van der Waals surface area contributed by atoms with E-state index in [4.69, 9.17) is 4.74 Å². The van der Waals surface area contributed by atoms with Gasteiger partial charge >= 0.3 is 0 Å². The number of thiazole rings is 1. The van der Waals surface area contributed by atoms with Crippen molar-refractivity contribution in [3.05, 3.63) is 58.5 Å². The van der Waals surface area contributed by atoms with Crippen molar-refractivity contribution in [3.8, 4) is 15.5 Å². The van der Waals surface area contributed by atoms with Crippen LogP contribution in [0.2, 0.25) is 0 Å². The fourth-order valence-corrected chi connectivity index (χ4v) is 3.78. The molecule has 0 saturated heterocycles. The first kappa shape index (κ1) is 14.3. The standard InChI is InChI=1S/C16H16N2OS2/c1-19-13-6-3-2-5-12(13)9-17-11-16-18-10-15(21-16)14-7-4-8-20-14/h2-8,10,17H,9,11H2,1H3. The van der Waals surface area contributed by atoms with Crippen LogP contribution >= 0.6 is 22.7 Å². The predicted molar refractivity (Wildman–Crippen MR) is 89.0 cm³/mol. The average molecular weight is 316 g/mol. The molecule has 0 bridgehead atoms. The van der Waals surface area contributed by atoms with Crippen LogP contribution in [-0.2, 0) is 13.1 Å². The summed E-state index contributed by atoms with van der Waals surface area (Å²) in [6.45, 7) is 1.55. The Labute approximate surface area is 132 Å². The number of nitrogens with one attached hydrogen (secondary N) is 1. The van der Waals surface area contributed by atoms with E-state index < -0.39 is 0 Å². The van der Waals surface area contributed by atoms with Gasteiger partial charge in [0.05, 0.1) is 12.0 Å². The Morgan fingerprint density at radius 1 is 1.10 bits per heavy atom. The van der Waals surface area contributed by atoms with Crippen molar-refractivity contribution in [2.45, 2.75) is 13.1 Å². The molecule has 21 heavy (non-hydrogen) atoms. The molecular weight excluding hydrogens is 300 g/mol. The molecule has 0 radical (unpaired) electrons. The highest BCUT2D eigenvalue weighted by Crippen LogP contribution is 2.29. The van der Waals surface area contributed by atoms with Gasteiger partial charge in [-0.1, -0.05) is 24.3 Å². The van der Waals surface area contributed by atoms with Gasteiger partial charge in [-0.3, -0.25) is 0 Å². The minimum atomic E-state index is 0.772. The maximum Gasteiger partial charge on any atom is 0.123 e. The number of para-hydroxylation sites is 1. The first-order valence-corrected chi connectivity index (χ1v) is 8.37. The van der Waals surface area contributed by atoms with Crippen molar-refractivity contribution in [1.29, 1.82) is 0 Å². The SMILES string of the molecule is COc1ccccc1CNCc1ncc(-c2cccs2)s1. The van der Waals surface area contributed by atoms with E-state index >= 15 is 0 Å². The summed E-state index contributed by atoms with van der Waals surface area (Å²) in [5.41, 5.74) is 1.16. The van der Waals surface area contributed by atoms with Gasteiger partial charge in [-0.15, -0.1) is 22.7 Å². The Kier molecular flexibility index (Phi) is 4.65. The molecule has 2 aromatic heterocycles. The van der Waals surface area contributed by atoms with Gasteiger partial charge in [0.15, 0.2) is 0 Å². The molecule has 3 nitrogen and oxygen atoms in total. The second kappa shape index (κ2) is 6.85. The summed E-state index contributed by atoms with van der Waals surface area (Å²) >= 11 is 3.49. The lowest BCUT2D eigenvalue weighted by molar-refractivity contribution is 0.407. The van der Waals surface area contributed by atoms with E-state index in [1.807, 2.05) is 24.4 Å². The van der Waals surface area contributed by atoms with E-state index in [0.29, 0.717) is 0 Å².